The molecular weight excluding hydrogens is 349 g/mol. The molecule has 3 rings (SSSR count). The van der Waals surface area contributed by atoms with Gasteiger partial charge in [-0.3, -0.25) is 9.69 Å². The number of para-hydroxylation sites is 1. The second-order valence-electron chi connectivity index (χ2n) is 6.36. The van der Waals surface area contributed by atoms with Crippen LogP contribution in [0.1, 0.15) is 25.7 Å². The fourth-order valence-electron chi connectivity index (χ4n) is 2.74. The highest BCUT2D eigenvalue weighted by Gasteiger charge is 2.31. The van der Waals surface area contributed by atoms with E-state index in [4.69, 9.17) is 0 Å². The van der Waals surface area contributed by atoms with Gasteiger partial charge in [-0.1, -0.05) is 23.8 Å². The lowest BCUT2D eigenvalue weighted by Gasteiger charge is -2.30. The maximum Gasteiger partial charge on any atom is 0.231 e. The van der Waals surface area contributed by atoms with Crippen LogP contribution in [-0.2, 0) is 4.79 Å². The second kappa shape index (κ2) is 8.23. The van der Waals surface area contributed by atoms with Crippen molar-refractivity contribution in [1.82, 2.24) is 9.88 Å². The van der Waals surface area contributed by atoms with E-state index in [1.807, 2.05) is 20.2 Å². The van der Waals surface area contributed by atoms with E-state index in [2.05, 4.69) is 9.88 Å². The maximum absolute atomic E-state index is 13.9. The molecule has 132 valence electrons. The van der Waals surface area contributed by atoms with Crippen molar-refractivity contribution in [3.63, 3.8) is 0 Å². The highest BCUT2D eigenvalue weighted by Crippen LogP contribution is 2.34. The van der Waals surface area contributed by atoms with Crippen LogP contribution in [-0.4, -0.2) is 43.0 Å². The van der Waals surface area contributed by atoms with Gasteiger partial charge in [0, 0.05) is 12.5 Å². The molecule has 1 aliphatic rings. The van der Waals surface area contributed by atoms with Crippen LogP contribution < -0.4 is 4.90 Å². The largest absolute Gasteiger partial charge is 0.309 e. The third kappa shape index (κ3) is 4.05. The molecule has 4 nitrogen and oxygen atoms in total. The molecule has 1 heterocycles. The number of amides is 1. The Hall–Kier alpha value is -1.24. The molecule has 0 aliphatic heterocycles. The van der Waals surface area contributed by atoms with Gasteiger partial charge in [-0.25, -0.2) is 9.37 Å². The van der Waals surface area contributed by atoms with Gasteiger partial charge in [-0.2, -0.15) is 0 Å². The Morgan fingerprint density at radius 3 is 2.67 bits per heavy atom. The minimum absolute atomic E-state index is 0. The highest BCUT2D eigenvalue weighted by atomic mass is 35.5. The van der Waals surface area contributed by atoms with Crippen molar-refractivity contribution in [2.45, 2.75) is 25.7 Å². The molecule has 0 saturated heterocycles. The summed E-state index contributed by atoms with van der Waals surface area (Å²) in [6, 6.07) is 4.95. The van der Waals surface area contributed by atoms with E-state index in [1.54, 1.807) is 11.0 Å². The Bertz CT molecular complexity index is 702. The number of thiazole rings is 1. The van der Waals surface area contributed by atoms with Gasteiger partial charge in [-0.15, -0.1) is 12.4 Å². The van der Waals surface area contributed by atoms with E-state index < -0.39 is 0 Å². The van der Waals surface area contributed by atoms with Crippen LogP contribution in [0.3, 0.4) is 0 Å². The van der Waals surface area contributed by atoms with Gasteiger partial charge in [0.2, 0.25) is 5.91 Å². The Balaban J connectivity index is 0.00000208. The molecule has 24 heavy (non-hydrogen) atoms. The molecule has 2 aromatic rings. The number of carbonyl (C=O) groups excluding carboxylic acids is 1. The van der Waals surface area contributed by atoms with Crippen molar-refractivity contribution < 1.29 is 9.18 Å². The zero-order valence-electron chi connectivity index (χ0n) is 14.0. The molecule has 0 spiro atoms. The van der Waals surface area contributed by atoms with Crippen molar-refractivity contribution >= 4 is 45.0 Å². The van der Waals surface area contributed by atoms with Gasteiger partial charge in [0.25, 0.3) is 0 Å². The predicted octanol–water partition coefficient (Wildman–Crippen LogP) is 3.94. The third-order valence-electron chi connectivity index (χ3n) is 4.30. The summed E-state index contributed by atoms with van der Waals surface area (Å²) >= 11 is 1.40. The number of hydrogen-bond donors (Lipinski definition) is 0. The first-order valence-electron chi connectivity index (χ1n) is 8.07. The summed E-state index contributed by atoms with van der Waals surface area (Å²) in [7, 11) is 4.04. The molecule has 1 aromatic heterocycles. The zero-order valence-corrected chi connectivity index (χ0v) is 15.6. The summed E-state index contributed by atoms with van der Waals surface area (Å²) in [5.74, 6) is -0.0602. The monoisotopic (exact) mass is 371 g/mol. The standard InChI is InChI=1S/C17H22FN3OS.ClH/c1-20(2)10-5-11-21(16(22)12-6-3-7-12)17-19-15-13(18)8-4-9-14(15)23-17;/h4,8-9,12H,3,5-7,10-11H2,1-2H3;1H. The SMILES string of the molecule is CN(C)CCCN(C(=O)C1CCC1)c1nc2c(F)cccc2s1.Cl. The molecule has 0 atom stereocenters. The number of rotatable bonds is 6. The van der Waals surface area contributed by atoms with Crippen LogP contribution in [0.2, 0.25) is 0 Å². The minimum atomic E-state index is -0.325. The number of hydrogen-bond acceptors (Lipinski definition) is 4. The van der Waals surface area contributed by atoms with Crippen molar-refractivity contribution in [3.05, 3.63) is 24.0 Å². The number of anilines is 1. The van der Waals surface area contributed by atoms with Gasteiger partial charge in [0.15, 0.2) is 5.13 Å². The molecule has 0 radical (unpaired) electrons. The highest BCUT2D eigenvalue weighted by molar-refractivity contribution is 7.22. The quantitative estimate of drug-likeness (QED) is 0.771. The summed E-state index contributed by atoms with van der Waals surface area (Å²) < 4.78 is 14.7. The summed E-state index contributed by atoms with van der Waals surface area (Å²) in [5.41, 5.74) is 0.367. The predicted molar refractivity (Wildman–Crippen MR) is 99.7 cm³/mol. The molecular formula is C17H23ClFN3OS. The fraction of sp³-hybridized carbons (Fsp3) is 0.529. The Labute approximate surface area is 152 Å². The zero-order chi connectivity index (χ0) is 16.4. The minimum Gasteiger partial charge on any atom is -0.309 e. The Kier molecular flexibility index (Phi) is 6.54. The van der Waals surface area contributed by atoms with Gasteiger partial charge >= 0.3 is 0 Å². The van der Waals surface area contributed by atoms with Crippen molar-refractivity contribution in [1.29, 1.82) is 0 Å². The summed E-state index contributed by atoms with van der Waals surface area (Å²) in [6.07, 6.45) is 3.92. The van der Waals surface area contributed by atoms with Gasteiger partial charge < -0.3 is 4.90 Å². The van der Waals surface area contributed by atoms with Crippen LogP contribution in [0.25, 0.3) is 10.2 Å². The normalized spacial score (nSPS) is 14.5. The maximum atomic E-state index is 13.9. The van der Waals surface area contributed by atoms with Gasteiger partial charge in [0.1, 0.15) is 11.3 Å². The summed E-state index contributed by atoms with van der Waals surface area (Å²) in [4.78, 5) is 21.0. The van der Waals surface area contributed by atoms with Crippen molar-refractivity contribution in [2.24, 2.45) is 5.92 Å². The number of aromatic nitrogens is 1. The van der Waals surface area contributed by atoms with E-state index in [0.29, 0.717) is 17.2 Å². The number of halogens is 2. The van der Waals surface area contributed by atoms with E-state index in [-0.39, 0.29) is 30.0 Å². The fourth-order valence-corrected chi connectivity index (χ4v) is 3.75. The van der Waals surface area contributed by atoms with E-state index >= 15 is 0 Å². The number of fused-ring (bicyclic) bond motifs is 1. The summed E-state index contributed by atoms with van der Waals surface area (Å²) in [6.45, 7) is 1.54. The molecule has 0 bridgehead atoms. The molecule has 1 aliphatic carbocycles. The average Bonchev–Trinajstić information content (AvgIpc) is 2.86. The van der Waals surface area contributed by atoms with Crippen LogP contribution in [0.15, 0.2) is 18.2 Å². The first-order chi connectivity index (χ1) is 11.1. The molecule has 0 N–H and O–H groups in total. The third-order valence-corrected chi connectivity index (χ3v) is 5.34. The molecule has 0 unspecified atom stereocenters. The number of carbonyl (C=O) groups is 1. The van der Waals surface area contributed by atoms with E-state index in [0.717, 1.165) is 36.9 Å². The first-order valence-corrected chi connectivity index (χ1v) is 8.89. The number of nitrogens with zero attached hydrogens (tertiary/aromatic N) is 3. The van der Waals surface area contributed by atoms with Gasteiger partial charge in [0.05, 0.1) is 4.70 Å². The topological polar surface area (TPSA) is 36.4 Å². The smallest absolute Gasteiger partial charge is 0.231 e. The lowest BCUT2D eigenvalue weighted by molar-refractivity contribution is -0.124. The van der Waals surface area contributed by atoms with E-state index in [1.165, 1.54) is 17.4 Å². The lowest BCUT2D eigenvalue weighted by atomic mass is 9.84. The number of benzene rings is 1. The molecule has 1 amide bonds. The molecule has 7 heteroatoms. The second-order valence-corrected chi connectivity index (χ2v) is 7.37. The molecule has 1 fully saturated rings. The lowest BCUT2D eigenvalue weighted by Crippen LogP contribution is -2.40. The van der Waals surface area contributed by atoms with Gasteiger partial charge in [-0.05, 0) is 52.0 Å². The Morgan fingerprint density at radius 2 is 2.08 bits per heavy atom. The molecule has 1 saturated carbocycles. The van der Waals surface area contributed by atoms with Crippen LogP contribution in [0, 0.1) is 11.7 Å². The van der Waals surface area contributed by atoms with E-state index in [9.17, 15) is 9.18 Å². The van der Waals surface area contributed by atoms with Crippen molar-refractivity contribution in [2.75, 3.05) is 32.1 Å². The van der Waals surface area contributed by atoms with Crippen molar-refractivity contribution in [3.8, 4) is 0 Å². The first kappa shape index (κ1) is 19.1. The summed E-state index contributed by atoms with van der Waals surface area (Å²) in [5, 5.41) is 0.626. The Morgan fingerprint density at radius 1 is 1.33 bits per heavy atom. The van der Waals surface area contributed by atoms with Crippen LogP contribution in [0.4, 0.5) is 9.52 Å². The van der Waals surface area contributed by atoms with Crippen LogP contribution in [0.5, 0.6) is 0 Å². The molecule has 1 aromatic carbocycles. The average molecular weight is 372 g/mol. The van der Waals surface area contributed by atoms with Crippen LogP contribution >= 0.6 is 23.7 Å².